The molecule has 0 aromatic heterocycles. The van der Waals surface area contributed by atoms with Crippen molar-refractivity contribution in [2.75, 3.05) is 6.61 Å². The number of ether oxygens (including phenoxy) is 1. The highest BCUT2D eigenvalue weighted by molar-refractivity contribution is 7.80. The minimum Gasteiger partial charge on any atom is -0.494 e. The first-order chi connectivity index (χ1) is 9.18. The second-order valence-corrected chi connectivity index (χ2v) is 5.13. The van der Waals surface area contributed by atoms with Crippen LogP contribution in [0.2, 0.25) is 0 Å². The topological polar surface area (TPSA) is 35.2 Å². The lowest BCUT2D eigenvalue weighted by Gasteiger charge is -2.23. The van der Waals surface area contributed by atoms with Gasteiger partial charge in [0.25, 0.3) is 0 Å². The van der Waals surface area contributed by atoms with Gasteiger partial charge in [-0.2, -0.15) is 13.2 Å². The van der Waals surface area contributed by atoms with Crippen molar-refractivity contribution in [1.82, 2.24) is 0 Å². The predicted octanol–water partition coefficient (Wildman–Crippen LogP) is 4.13. The van der Waals surface area contributed by atoms with Crippen molar-refractivity contribution >= 4 is 17.2 Å². The van der Waals surface area contributed by atoms with Gasteiger partial charge in [-0.05, 0) is 36.6 Å². The molecule has 0 saturated heterocycles. The Bertz CT molecular complexity index is 488. The molecule has 0 saturated carbocycles. The summed E-state index contributed by atoms with van der Waals surface area (Å²) in [5.41, 5.74) is 5.37. The Kier molecular flexibility index (Phi) is 5.39. The van der Waals surface area contributed by atoms with Gasteiger partial charge in [-0.1, -0.05) is 26.1 Å². The van der Waals surface area contributed by atoms with E-state index < -0.39 is 11.7 Å². The molecule has 2 unspecified atom stereocenters. The van der Waals surface area contributed by atoms with E-state index in [4.69, 9.17) is 22.7 Å². The van der Waals surface area contributed by atoms with Crippen LogP contribution in [-0.4, -0.2) is 11.6 Å². The van der Waals surface area contributed by atoms with Crippen molar-refractivity contribution in [2.24, 2.45) is 11.7 Å². The van der Waals surface area contributed by atoms with Crippen molar-refractivity contribution in [3.63, 3.8) is 0 Å². The summed E-state index contributed by atoms with van der Waals surface area (Å²) in [4.78, 5) is 0.275. The molecule has 112 valence electrons. The lowest BCUT2D eigenvalue weighted by atomic mass is 9.87. The number of hydrogen-bond acceptors (Lipinski definition) is 2. The molecule has 20 heavy (non-hydrogen) atoms. The number of benzene rings is 1. The third kappa shape index (κ3) is 3.85. The van der Waals surface area contributed by atoms with Gasteiger partial charge in [0.1, 0.15) is 5.75 Å². The Hall–Kier alpha value is -1.30. The van der Waals surface area contributed by atoms with Crippen molar-refractivity contribution in [3.05, 3.63) is 29.3 Å². The smallest absolute Gasteiger partial charge is 0.416 e. The molecule has 0 fully saturated rings. The number of thiocarbonyl (C=S) groups is 1. The molecule has 6 heteroatoms. The first kappa shape index (κ1) is 16.8. The summed E-state index contributed by atoms with van der Waals surface area (Å²) in [5.74, 6) is -0.0276. The summed E-state index contributed by atoms with van der Waals surface area (Å²) in [6.07, 6.45) is -4.38. The van der Waals surface area contributed by atoms with Crippen LogP contribution in [0.5, 0.6) is 5.75 Å². The molecule has 0 aliphatic rings. The molecule has 2 atom stereocenters. The van der Waals surface area contributed by atoms with Crippen LogP contribution in [-0.2, 0) is 6.18 Å². The standard InChI is InChI=1S/C14H18F3NOS/c1-4-19-12-6-5-10(14(15,16)17)7-11(12)8(2)9(3)13(18)20/h5-9H,4H2,1-3H3,(H2,18,20). The minimum absolute atomic E-state index is 0.215. The zero-order valence-electron chi connectivity index (χ0n) is 11.6. The second-order valence-electron chi connectivity index (χ2n) is 4.66. The molecule has 0 aliphatic carbocycles. The van der Waals surface area contributed by atoms with E-state index >= 15 is 0 Å². The number of hydrogen-bond donors (Lipinski definition) is 1. The van der Waals surface area contributed by atoms with Crippen LogP contribution >= 0.6 is 12.2 Å². The molecule has 2 N–H and O–H groups in total. The third-order valence-corrected chi connectivity index (χ3v) is 3.70. The molecule has 2 nitrogen and oxygen atoms in total. The number of nitrogens with two attached hydrogens (primary N) is 1. The summed E-state index contributed by atoms with van der Waals surface area (Å²) in [6.45, 7) is 5.75. The maximum absolute atomic E-state index is 12.8. The van der Waals surface area contributed by atoms with Gasteiger partial charge in [-0.25, -0.2) is 0 Å². The van der Waals surface area contributed by atoms with Crippen LogP contribution in [0, 0.1) is 5.92 Å². The Morgan fingerprint density at radius 3 is 2.40 bits per heavy atom. The maximum atomic E-state index is 12.8. The van der Waals surface area contributed by atoms with Gasteiger partial charge in [-0.3, -0.25) is 0 Å². The lowest BCUT2D eigenvalue weighted by Crippen LogP contribution is -2.23. The van der Waals surface area contributed by atoms with E-state index in [-0.39, 0.29) is 16.8 Å². The van der Waals surface area contributed by atoms with Crippen LogP contribution in [0.3, 0.4) is 0 Å². The molecule has 0 amide bonds. The number of alkyl halides is 3. The van der Waals surface area contributed by atoms with E-state index in [0.29, 0.717) is 17.9 Å². The van der Waals surface area contributed by atoms with Crippen molar-refractivity contribution < 1.29 is 17.9 Å². The molecule has 1 rings (SSSR count). The van der Waals surface area contributed by atoms with Gasteiger partial charge in [0, 0.05) is 5.92 Å². The first-order valence-corrected chi connectivity index (χ1v) is 6.72. The van der Waals surface area contributed by atoms with E-state index in [2.05, 4.69) is 0 Å². The zero-order valence-corrected chi connectivity index (χ0v) is 12.4. The highest BCUT2D eigenvalue weighted by Gasteiger charge is 2.32. The Labute approximate surface area is 122 Å². The average Bonchev–Trinajstić information content (AvgIpc) is 2.36. The van der Waals surface area contributed by atoms with Gasteiger partial charge in [-0.15, -0.1) is 0 Å². The Morgan fingerprint density at radius 1 is 1.35 bits per heavy atom. The first-order valence-electron chi connectivity index (χ1n) is 6.31. The van der Waals surface area contributed by atoms with Crippen molar-refractivity contribution in [2.45, 2.75) is 32.9 Å². The lowest BCUT2D eigenvalue weighted by molar-refractivity contribution is -0.137. The van der Waals surface area contributed by atoms with Gasteiger partial charge in [0.15, 0.2) is 0 Å². The van der Waals surface area contributed by atoms with Crippen LogP contribution < -0.4 is 10.5 Å². The minimum atomic E-state index is -4.38. The van der Waals surface area contributed by atoms with Crippen LogP contribution in [0.1, 0.15) is 37.8 Å². The van der Waals surface area contributed by atoms with E-state index in [0.717, 1.165) is 12.1 Å². The SMILES string of the molecule is CCOc1ccc(C(F)(F)F)cc1C(C)C(C)C(N)=S. The van der Waals surface area contributed by atoms with E-state index in [1.165, 1.54) is 6.07 Å². The predicted molar refractivity (Wildman–Crippen MR) is 77.0 cm³/mol. The summed E-state index contributed by atoms with van der Waals surface area (Å²) in [6, 6.07) is 3.49. The van der Waals surface area contributed by atoms with Gasteiger partial charge < -0.3 is 10.5 Å². The summed E-state index contributed by atoms with van der Waals surface area (Å²) in [5, 5.41) is 0. The fourth-order valence-corrected chi connectivity index (χ4v) is 2.09. The van der Waals surface area contributed by atoms with Crippen molar-refractivity contribution in [1.29, 1.82) is 0 Å². The number of halogens is 3. The molecule has 0 bridgehead atoms. The molecular formula is C14H18F3NOS. The molecule has 0 spiro atoms. The highest BCUT2D eigenvalue weighted by Crippen LogP contribution is 2.37. The van der Waals surface area contributed by atoms with Gasteiger partial charge in [0.2, 0.25) is 0 Å². The molecule has 0 heterocycles. The Balaban J connectivity index is 3.28. The van der Waals surface area contributed by atoms with E-state index in [9.17, 15) is 13.2 Å². The summed E-state index contributed by atoms with van der Waals surface area (Å²) < 4.78 is 43.9. The molecule has 1 aromatic rings. The quantitative estimate of drug-likeness (QED) is 0.831. The van der Waals surface area contributed by atoms with Gasteiger partial charge >= 0.3 is 6.18 Å². The normalized spacial score (nSPS) is 14.7. The maximum Gasteiger partial charge on any atom is 0.416 e. The molecule has 0 radical (unpaired) electrons. The Morgan fingerprint density at radius 2 is 1.95 bits per heavy atom. The summed E-state index contributed by atoms with van der Waals surface area (Å²) in [7, 11) is 0. The van der Waals surface area contributed by atoms with Crippen molar-refractivity contribution in [3.8, 4) is 5.75 Å². The van der Waals surface area contributed by atoms with E-state index in [1.807, 2.05) is 0 Å². The molecule has 1 aromatic carbocycles. The number of rotatable bonds is 5. The largest absolute Gasteiger partial charge is 0.494 e. The summed E-state index contributed by atoms with van der Waals surface area (Å²) >= 11 is 4.92. The van der Waals surface area contributed by atoms with Gasteiger partial charge in [0.05, 0.1) is 17.2 Å². The monoisotopic (exact) mass is 305 g/mol. The van der Waals surface area contributed by atoms with Crippen LogP contribution in [0.15, 0.2) is 18.2 Å². The molecular weight excluding hydrogens is 287 g/mol. The van der Waals surface area contributed by atoms with Crippen LogP contribution in [0.4, 0.5) is 13.2 Å². The zero-order chi connectivity index (χ0) is 15.5. The highest BCUT2D eigenvalue weighted by atomic mass is 32.1. The molecule has 0 aliphatic heterocycles. The average molecular weight is 305 g/mol. The fraction of sp³-hybridized carbons (Fsp3) is 0.500. The van der Waals surface area contributed by atoms with E-state index in [1.54, 1.807) is 20.8 Å². The fourth-order valence-electron chi connectivity index (χ4n) is 1.88. The van der Waals surface area contributed by atoms with Crippen LogP contribution in [0.25, 0.3) is 0 Å². The third-order valence-electron chi connectivity index (χ3n) is 3.33. The second kappa shape index (κ2) is 6.43.